The molecule has 42 heavy (non-hydrogen) atoms. The van der Waals surface area contributed by atoms with Crippen LogP contribution in [-0.2, 0) is 10.3 Å². The summed E-state index contributed by atoms with van der Waals surface area (Å²) < 4.78 is 65.0. The van der Waals surface area contributed by atoms with Crippen molar-refractivity contribution in [2.75, 3.05) is 19.5 Å². The van der Waals surface area contributed by atoms with Gasteiger partial charge in [-0.3, -0.25) is 14.5 Å². The molecular weight excluding hydrogens is 564 g/mol. The first-order chi connectivity index (χ1) is 19.5. The molecule has 2 aromatic heterocycles. The van der Waals surface area contributed by atoms with Gasteiger partial charge in [-0.05, 0) is 58.0 Å². The predicted molar refractivity (Wildman–Crippen MR) is 145 cm³/mol. The van der Waals surface area contributed by atoms with Crippen LogP contribution in [-0.4, -0.2) is 52.1 Å². The van der Waals surface area contributed by atoms with E-state index in [0.717, 1.165) is 5.69 Å². The Balaban J connectivity index is 0.000000616. The number of ether oxygens (including phenoxy) is 3. The second-order valence-electron chi connectivity index (χ2n) is 9.79. The van der Waals surface area contributed by atoms with E-state index in [1.807, 2.05) is 27.7 Å². The quantitative estimate of drug-likeness (QED) is 0.249. The van der Waals surface area contributed by atoms with Gasteiger partial charge in [0.15, 0.2) is 28.8 Å². The Bertz CT molecular complexity index is 1610. The molecule has 1 amide bonds. The molecule has 0 unspecified atom stereocenters. The molecule has 0 saturated carbocycles. The number of hydrogen-bond donors (Lipinski definition) is 2. The topological polar surface area (TPSA) is 125 Å². The van der Waals surface area contributed by atoms with Gasteiger partial charge in [-0.2, -0.15) is 18.3 Å². The minimum atomic E-state index is -5.08. The number of halogens is 4. The van der Waals surface area contributed by atoms with Crippen LogP contribution >= 0.6 is 0 Å². The van der Waals surface area contributed by atoms with Crippen LogP contribution in [0.15, 0.2) is 48.7 Å². The first-order valence-electron chi connectivity index (χ1n) is 12.2. The summed E-state index contributed by atoms with van der Waals surface area (Å²) in [5.74, 6) is -2.39. The molecule has 0 fully saturated rings. The summed E-state index contributed by atoms with van der Waals surface area (Å²) in [6, 6.07) is 11.0. The molecule has 2 aromatic carbocycles. The number of methoxy groups -OCH3 is 2. The van der Waals surface area contributed by atoms with Crippen LogP contribution in [0.1, 0.15) is 37.0 Å². The second-order valence-corrected chi connectivity index (χ2v) is 9.79. The molecule has 0 saturated heterocycles. The molecule has 4 rings (SSSR count). The molecule has 0 bridgehead atoms. The van der Waals surface area contributed by atoms with E-state index in [1.54, 1.807) is 41.2 Å². The summed E-state index contributed by atoms with van der Waals surface area (Å²) >= 11 is 0. The number of aryl methyl sites for hydroxylation is 1. The van der Waals surface area contributed by atoms with E-state index < -0.39 is 23.9 Å². The molecule has 2 heterocycles. The number of aliphatic carboxylic acids is 1. The Hall–Kier alpha value is -4.88. The van der Waals surface area contributed by atoms with Crippen molar-refractivity contribution < 1.29 is 46.5 Å². The van der Waals surface area contributed by atoms with Gasteiger partial charge in [0.05, 0.1) is 25.3 Å². The molecule has 2 N–H and O–H groups in total. The maximum absolute atomic E-state index is 14.9. The highest BCUT2D eigenvalue weighted by atomic mass is 19.4. The number of pyridine rings is 1. The molecule has 4 aromatic rings. The number of amides is 1. The minimum absolute atomic E-state index is 0.00172. The largest absolute Gasteiger partial charge is 0.493 e. The van der Waals surface area contributed by atoms with Crippen LogP contribution in [0.25, 0.3) is 10.9 Å². The standard InChI is InChI=1S/C26H27FN4O4.C2HF3O2/c1-15-11-20(30-31(15)26(2,3)4)25(32)29-16-7-8-22(18(27)12-16)35-21-9-10-28-19-14-24(34-6)23(33-5)13-17(19)21;3-2(4,5)1(6)7/h7-14H,1-6H3,(H,29,32);(H,6,7). The lowest BCUT2D eigenvalue weighted by molar-refractivity contribution is -0.192. The number of anilines is 1. The number of aromatic nitrogens is 3. The van der Waals surface area contributed by atoms with Gasteiger partial charge >= 0.3 is 12.1 Å². The van der Waals surface area contributed by atoms with Gasteiger partial charge in [-0.15, -0.1) is 0 Å². The highest BCUT2D eigenvalue weighted by molar-refractivity contribution is 6.03. The van der Waals surface area contributed by atoms with Crippen LogP contribution in [0.3, 0.4) is 0 Å². The van der Waals surface area contributed by atoms with Gasteiger partial charge < -0.3 is 24.6 Å². The first-order valence-corrected chi connectivity index (χ1v) is 12.2. The third kappa shape index (κ3) is 7.44. The highest BCUT2D eigenvalue weighted by Gasteiger charge is 2.38. The number of fused-ring (bicyclic) bond motifs is 1. The second kappa shape index (κ2) is 12.3. The predicted octanol–water partition coefficient (Wildman–Crippen LogP) is 6.33. The average molecular weight is 593 g/mol. The number of rotatable bonds is 6. The summed E-state index contributed by atoms with van der Waals surface area (Å²) in [5.41, 5.74) is 1.74. The Morgan fingerprint density at radius 2 is 1.55 bits per heavy atom. The smallest absolute Gasteiger partial charge is 0.490 e. The van der Waals surface area contributed by atoms with Crippen molar-refractivity contribution in [3.05, 3.63) is 65.9 Å². The summed E-state index contributed by atoms with van der Waals surface area (Å²) in [4.78, 5) is 25.9. The van der Waals surface area contributed by atoms with E-state index in [0.29, 0.717) is 28.2 Å². The van der Waals surface area contributed by atoms with Crippen molar-refractivity contribution in [2.45, 2.75) is 39.4 Å². The lowest BCUT2D eigenvalue weighted by Crippen LogP contribution is -2.25. The van der Waals surface area contributed by atoms with Crippen molar-refractivity contribution in [3.63, 3.8) is 0 Å². The van der Waals surface area contributed by atoms with E-state index in [4.69, 9.17) is 24.1 Å². The number of benzene rings is 2. The number of nitrogens with one attached hydrogen (secondary N) is 1. The number of carboxylic acids is 1. The van der Waals surface area contributed by atoms with Crippen LogP contribution in [0, 0.1) is 12.7 Å². The van der Waals surface area contributed by atoms with E-state index >= 15 is 0 Å². The van der Waals surface area contributed by atoms with Crippen LogP contribution in [0.4, 0.5) is 23.2 Å². The normalized spacial score (nSPS) is 11.4. The zero-order chi connectivity index (χ0) is 31.4. The SMILES string of the molecule is COc1cc2nccc(Oc3ccc(NC(=O)c4cc(C)n(C(C)(C)C)n4)cc3F)c2cc1OC.O=C(O)C(F)(F)F. The van der Waals surface area contributed by atoms with Gasteiger partial charge in [0.2, 0.25) is 0 Å². The molecule has 0 atom stereocenters. The molecule has 0 aliphatic heterocycles. The fourth-order valence-electron chi connectivity index (χ4n) is 3.78. The number of hydrogen-bond acceptors (Lipinski definition) is 7. The molecule has 0 radical (unpaired) electrons. The van der Waals surface area contributed by atoms with Gasteiger partial charge in [0.25, 0.3) is 5.91 Å². The summed E-state index contributed by atoms with van der Waals surface area (Å²) in [5, 5.41) is 14.8. The number of carboxylic acid groups (broad SMARTS) is 1. The average Bonchev–Trinajstić information content (AvgIpc) is 3.32. The number of nitrogens with zero attached hydrogens (tertiary/aromatic N) is 3. The van der Waals surface area contributed by atoms with Crippen molar-refractivity contribution in [1.29, 1.82) is 0 Å². The van der Waals surface area contributed by atoms with Gasteiger partial charge in [-0.25, -0.2) is 9.18 Å². The zero-order valence-corrected chi connectivity index (χ0v) is 23.5. The lowest BCUT2D eigenvalue weighted by Gasteiger charge is -2.21. The van der Waals surface area contributed by atoms with Crippen molar-refractivity contribution in [3.8, 4) is 23.0 Å². The molecule has 0 aliphatic rings. The number of alkyl halides is 3. The molecule has 14 heteroatoms. The number of carbonyl (C=O) groups excluding carboxylic acids is 1. The van der Waals surface area contributed by atoms with Crippen molar-refractivity contribution >= 4 is 28.5 Å². The molecule has 0 spiro atoms. The summed E-state index contributed by atoms with van der Waals surface area (Å²) in [6.45, 7) is 7.89. The zero-order valence-electron chi connectivity index (χ0n) is 23.5. The fraction of sp³-hybridized carbons (Fsp3) is 0.286. The maximum atomic E-state index is 14.9. The van der Waals surface area contributed by atoms with Crippen LogP contribution in [0.2, 0.25) is 0 Å². The summed E-state index contributed by atoms with van der Waals surface area (Å²) in [7, 11) is 3.07. The van der Waals surface area contributed by atoms with Gasteiger partial charge in [0, 0.05) is 35.1 Å². The monoisotopic (exact) mass is 592 g/mol. The van der Waals surface area contributed by atoms with Gasteiger partial charge in [-0.1, -0.05) is 0 Å². The van der Waals surface area contributed by atoms with E-state index in [9.17, 15) is 22.4 Å². The fourth-order valence-corrected chi connectivity index (χ4v) is 3.78. The Morgan fingerprint density at radius 3 is 2.07 bits per heavy atom. The third-order valence-electron chi connectivity index (χ3n) is 5.61. The van der Waals surface area contributed by atoms with Gasteiger partial charge in [0.1, 0.15) is 5.75 Å². The Kier molecular flexibility index (Phi) is 9.29. The first kappa shape index (κ1) is 31.6. The number of carbonyl (C=O) groups is 2. The van der Waals surface area contributed by atoms with E-state index in [1.165, 1.54) is 26.4 Å². The molecule has 10 nitrogen and oxygen atoms in total. The van der Waals surface area contributed by atoms with E-state index in [-0.39, 0.29) is 22.7 Å². The van der Waals surface area contributed by atoms with Crippen molar-refractivity contribution in [1.82, 2.24) is 14.8 Å². The van der Waals surface area contributed by atoms with Crippen LogP contribution < -0.4 is 19.5 Å². The van der Waals surface area contributed by atoms with Crippen LogP contribution in [0.5, 0.6) is 23.0 Å². The Morgan fingerprint density at radius 1 is 0.929 bits per heavy atom. The van der Waals surface area contributed by atoms with Crippen molar-refractivity contribution in [2.24, 2.45) is 0 Å². The molecule has 0 aliphatic carbocycles. The lowest BCUT2D eigenvalue weighted by atomic mass is 10.1. The minimum Gasteiger partial charge on any atom is -0.493 e. The molecule has 224 valence electrons. The maximum Gasteiger partial charge on any atom is 0.490 e. The summed E-state index contributed by atoms with van der Waals surface area (Å²) in [6.07, 6.45) is -3.52. The third-order valence-corrected chi connectivity index (χ3v) is 5.61. The Labute approximate surface area is 237 Å². The highest BCUT2D eigenvalue weighted by Crippen LogP contribution is 2.37. The molecular formula is C28H28F4N4O6. The van der Waals surface area contributed by atoms with E-state index in [2.05, 4.69) is 15.4 Å².